The maximum atomic E-state index is 12.4. The first kappa shape index (κ1) is 16.6. The summed E-state index contributed by atoms with van der Waals surface area (Å²) in [5.74, 6) is 0.651. The second kappa shape index (κ2) is 8.65. The number of ether oxygens (including phenoxy) is 1. The highest BCUT2D eigenvalue weighted by atomic mass is 16.5. The fraction of sp³-hybridized carbons (Fsp3) is 0.667. The van der Waals surface area contributed by atoms with Crippen LogP contribution in [0.2, 0.25) is 0 Å². The summed E-state index contributed by atoms with van der Waals surface area (Å²) in [6, 6.07) is 3.54. The van der Waals surface area contributed by atoms with Crippen molar-refractivity contribution in [2.45, 2.75) is 13.3 Å². The summed E-state index contributed by atoms with van der Waals surface area (Å²) in [6.45, 7) is 8.02. The minimum Gasteiger partial charge on any atom is -0.385 e. The second-order valence-corrected chi connectivity index (χ2v) is 5.30. The van der Waals surface area contributed by atoms with Crippen molar-refractivity contribution >= 4 is 11.7 Å². The highest BCUT2D eigenvalue weighted by molar-refractivity contribution is 5.92. The average Bonchev–Trinajstić information content (AvgIpc) is 2.59. The number of methoxy groups -OCH3 is 1. The number of anilines is 1. The molecule has 7 heteroatoms. The molecule has 1 N–H and O–H groups in total. The molecule has 0 aliphatic carbocycles. The van der Waals surface area contributed by atoms with Gasteiger partial charge in [0.25, 0.3) is 5.91 Å². The van der Waals surface area contributed by atoms with Crippen LogP contribution in [0.25, 0.3) is 0 Å². The lowest BCUT2D eigenvalue weighted by molar-refractivity contribution is 0.0636. The van der Waals surface area contributed by atoms with Crippen molar-refractivity contribution in [3.8, 4) is 0 Å². The molecule has 0 atom stereocenters. The predicted molar refractivity (Wildman–Crippen MR) is 85.0 cm³/mol. The Balaban J connectivity index is 1.83. The van der Waals surface area contributed by atoms with Gasteiger partial charge in [-0.15, -0.1) is 10.2 Å². The fourth-order valence-corrected chi connectivity index (χ4v) is 2.40. The minimum atomic E-state index is -0.0332. The van der Waals surface area contributed by atoms with Crippen molar-refractivity contribution in [3.63, 3.8) is 0 Å². The van der Waals surface area contributed by atoms with E-state index in [0.717, 1.165) is 45.7 Å². The van der Waals surface area contributed by atoms with Gasteiger partial charge in [0.2, 0.25) is 0 Å². The quantitative estimate of drug-likeness (QED) is 0.748. The normalized spacial score (nSPS) is 15.8. The van der Waals surface area contributed by atoms with Crippen LogP contribution in [0, 0.1) is 0 Å². The van der Waals surface area contributed by atoms with Crippen LogP contribution in [0.15, 0.2) is 12.1 Å². The van der Waals surface area contributed by atoms with Gasteiger partial charge in [-0.05, 0) is 25.1 Å². The summed E-state index contributed by atoms with van der Waals surface area (Å²) in [6.07, 6.45) is 0.903. The molecule has 1 aliphatic heterocycles. The molecule has 0 spiro atoms. The van der Waals surface area contributed by atoms with Gasteiger partial charge in [0, 0.05) is 46.4 Å². The van der Waals surface area contributed by atoms with Crippen LogP contribution in [0.5, 0.6) is 0 Å². The largest absolute Gasteiger partial charge is 0.385 e. The van der Waals surface area contributed by atoms with Gasteiger partial charge in [-0.25, -0.2) is 0 Å². The molecule has 0 aromatic carbocycles. The molecule has 1 saturated heterocycles. The predicted octanol–water partition coefficient (Wildman–Crippen LogP) is 0.703. The van der Waals surface area contributed by atoms with E-state index in [1.807, 2.05) is 4.90 Å². The molecule has 1 aromatic rings. The van der Waals surface area contributed by atoms with E-state index < -0.39 is 0 Å². The lowest BCUT2D eigenvalue weighted by Crippen LogP contribution is -2.48. The Labute approximate surface area is 131 Å². The molecule has 1 aliphatic rings. The molecule has 0 saturated carbocycles. The van der Waals surface area contributed by atoms with Gasteiger partial charge in [-0.3, -0.25) is 4.79 Å². The van der Waals surface area contributed by atoms with Crippen molar-refractivity contribution in [3.05, 3.63) is 17.8 Å². The summed E-state index contributed by atoms with van der Waals surface area (Å²) in [5.41, 5.74) is 0.410. The Kier molecular flexibility index (Phi) is 6.54. The van der Waals surface area contributed by atoms with Crippen molar-refractivity contribution in [2.24, 2.45) is 0 Å². The Hall–Kier alpha value is -1.73. The van der Waals surface area contributed by atoms with E-state index >= 15 is 0 Å². The van der Waals surface area contributed by atoms with Crippen molar-refractivity contribution in [2.75, 3.05) is 58.3 Å². The molecule has 2 heterocycles. The van der Waals surface area contributed by atoms with Crippen LogP contribution >= 0.6 is 0 Å². The molecular weight excluding hydrogens is 282 g/mol. The van der Waals surface area contributed by atoms with Crippen LogP contribution < -0.4 is 5.32 Å². The third kappa shape index (κ3) is 4.64. The molecule has 1 amide bonds. The highest BCUT2D eigenvalue weighted by Crippen LogP contribution is 2.08. The van der Waals surface area contributed by atoms with E-state index in [4.69, 9.17) is 4.74 Å². The summed E-state index contributed by atoms with van der Waals surface area (Å²) < 4.78 is 4.98. The first-order valence-electron chi connectivity index (χ1n) is 7.82. The number of carbonyl (C=O) groups excluding carboxylic acids is 1. The van der Waals surface area contributed by atoms with Gasteiger partial charge in [0.05, 0.1) is 0 Å². The van der Waals surface area contributed by atoms with Crippen molar-refractivity contribution in [1.82, 2.24) is 20.0 Å². The monoisotopic (exact) mass is 307 g/mol. The zero-order valence-corrected chi connectivity index (χ0v) is 13.4. The fourth-order valence-electron chi connectivity index (χ4n) is 2.40. The maximum Gasteiger partial charge on any atom is 0.274 e. The topological polar surface area (TPSA) is 70.6 Å². The third-order valence-corrected chi connectivity index (χ3v) is 3.82. The Morgan fingerprint density at radius 2 is 2.05 bits per heavy atom. The van der Waals surface area contributed by atoms with E-state index in [1.54, 1.807) is 19.2 Å². The zero-order chi connectivity index (χ0) is 15.8. The number of piperazine rings is 1. The molecule has 0 unspecified atom stereocenters. The van der Waals surface area contributed by atoms with Gasteiger partial charge in [0.15, 0.2) is 5.69 Å². The molecule has 0 radical (unpaired) electrons. The zero-order valence-electron chi connectivity index (χ0n) is 13.4. The van der Waals surface area contributed by atoms with Gasteiger partial charge in [-0.1, -0.05) is 6.92 Å². The van der Waals surface area contributed by atoms with Crippen LogP contribution in [0.4, 0.5) is 5.82 Å². The third-order valence-electron chi connectivity index (χ3n) is 3.82. The van der Waals surface area contributed by atoms with Crippen LogP contribution in [-0.4, -0.2) is 78.9 Å². The Bertz CT molecular complexity index is 458. The van der Waals surface area contributed by atoms with E-state index in [-0.39, 0.29) is 5.91 Å². The number of hydrogen-bond acceptors (Lipinski definition) is 6. The standard InChI is InChI=1S/C15H25N5O2/c1-3-19-8-10-20(11-9-19)15(21)13-5-6-14(18-17-13)16-7-4-12-22-2/h5-6H,3-4,7-12H2,1-2H3,(H,16,18). The Morgan fingerprint density at radius 1 is 1.27 bits per heavy atom. The van der Waals surface area contributed by atoms with Crippen LogP contribution in [0.1, 0.15) is 23.8 Å². The SMILES string of the molecule is CCN1CCN(C(=O)c2ccc(NCCCOC)nn2)CC1. The summed E-state index contributed by atoms with van der Waals surface area (Å²) >= 11 is 0. The maximum absolute atomic E-state index is 12.4. The number of carbonyl (C=O) groups is 1. The van der Waals surface area contributed by atoms with Gasteiger partial charge < -0.3 is 19.9 Å². The van der Waals surface area contributed by atoms with E-state index in [1.165, 1.54) is 0 Å². The number of hydrogen-bond donors (Lipinski definition) is 1. The average molecular weight is 307 g/mol. The number of nitrogens with zero attached hydrogens (tertiary/aromatic N) is 4. The van der Waals surface area contributed by atoms with Gasteiger partial charge in [0.1, 0.15) is 5.82 Å². The van der Waals surface area contributed by atoms with Crippen LogP contribution in [0.3, 0.4) is 0 Å². The number of aromatic nitrogens is 2. The summed E-state index contributed by atoms with van der Waals surface area (Å²) in [4.78, 5) is 16.6. The number of rotatable bonds is 7. The molecule has 7 nitrogen and oxygen atoms in total. The molecule has 1 fully saturated rings. The van der Waals surface area contributed by atoms with E-state index in [9.17, 15) is 4.79 Å². The van der Waals surface area contributed by atoms with Crippen molar-refractivity contribution in [1.29, 1.82) is 0 Å². The minimum absolute atomic E-state index is 0.0332. The van der Waals surface area contributed by atoms with Crippen LogP contribution in [-0.2, 0) is 4.74 Å². The number of amides is 1. The van der Waals surface area contributed by atoms with E-state index in [0.29, 0.717) is 18.1 Å². The first-order valence-corrected chi connectivity index (χ1v) is 7.82. The first-order chi connectivity index (χ1) is 10.7. The Morgan fingerprint density at radius 3 is 2.64 bits per heavy atom. The lowest BCUT2D eigenvalue weighted by atomic mass is 10.2. The number of nitrogens with one attached hydrogen (secondary N) is 1. The lowest BCUT2D eigenvalue weighted by Gasteiger charge is -2.33. The molecular formula is C15H25N5O2. The molecule has 22 heavy (non-hydrogen) atoms. The number of likely N-dealkylation sites (N-methyl/N-ethyl adjacent to an activating group) is 1. The molecule has 1 aromatic heterocycles. The smallest absolute Gasteiger partial charge is 0.274 e. The van der Waals surface area contributed by atoms with E-state index in [2.05, 4.69) is 27.3 Å². The molecule has 0 bridgehead atoms. The highest BCUT2D eigenvalue weighted by Gasteiger charge is 2.22. The van der Waals surface area contributed by atoms with Crippen molar-refractivity contribution < 1.29 is 9.53 Å². The second-order valence-electron chi connectivity index (χ2n) is 5.30. The summed E-state index contributed by atoms with van der Waals surface area (Å²) in [5, 5.41) is 11.3. The van der Waals surface area contributed by atoms with Gasteiger partial charge >= 0.3 is 0 Å². The summed E-state index contributed by atoms with van der Waals surface area (Å²) in [7, 11) is 1.68. The molecule has 2 rings (SSSR count). The van der Waals surface area contributed by atoms with Gasteiger partial charge in [-0.2, -0.15) is 0 Å². The molecule has 122 valence electrons.